The Morgan fingerprint density at radius 2 is 1.87 bits per heavy atom. The van der Waals surface area contributed by atoms with Crippen LogP contribution in [0.15, 0.2) is 12.1 Å². The van der Waals surface area contributed by atoms with E-state index >= 15 is 0 Å². The summed E-state index contributed by atoms with van der Waals surface area (Å²) in [5.41, 5.74) is 2.29. The smallest absolute Gasteiger partial charge is 0.338 e. The lowest BCUT2D eigenvalue weighted by atomic mass is 10.2. The minimum atomic E-state index is -0.329. The van der Waals surface area contributed by atoms with E-state index in [2.05, 4.69) is 4.74 Å². The van der Waals surface area contributed by atoms with Crippen LogP contribution in [0.25, 0.3) is 0 Å². The second kappa shape index (κ2) is 4.77. The Hall–Kier alpha value is -1.58. The number of carbonyl (C=O) groups excluding carboxylic acids is 1. The molecule has 0 saturated heterocycles. The molecule has 0 saturated carbocycles. The Bertz CT molecular complexity index is 351. The first-order chi connectivity index (χ1) is 7.10. The predicted molar refractivity (Wildman–Crippen MR) is 54.6 cm³/mol. The molecule has 0 unspecified atom stereocenters. The molecule has 0 aromatic carbocycles. The van der Waals surface area contributed by atoms with E-state index in [9.17, 15) is 4.79 Å². The number of rotatable bonds is 3. The average molecular weight is 210 g/mol. The second-order valence-corrected chi connectivity index (χ2v) is 3.23. The summed E-state index contributed by atoms with van der Waals surface area (Å²) in [4.78, 5) is 16.7. The van der Waals surface area contributed by atoms with Crippen LogP contribution in [0.1, 0.15) is 28.7 Å². The van der Waals surface area contributed by atoms with Crippen LogP contribution in [0, 0.1) is 13.8 Å². The predicted octanol–water partition coefficient (Wildman–Crippen LogP) is 0.826. The molecule has 0 amide bonds. The second-order valence-electron chi connectivity index (χ2n) is 3.23. The van der Waals surface area contributed by atoms with Gasteiger partial charge in [0.25, 0.3) is 0 Å². The maximum Gasteiger partial charge on any atom is 0.338 e. The number of hydrogen-bond donors (Lipinski definition) is 0. The van der Waals surface area contributed by atoms with Gasteiger partial charge in [-0.1, -0.05) is 0 Å². The van der Waals surface area contributed by atoms with Gasteiger partial charge in [0.05, 0.1) is 12.7 Å². The minimum Gasteiger partial charge on any atom is -0.465 e. The van der Waals surface area contributed by atoms with E-state index in [-0.39, 0.29) is 5.97 Å². The van der Waals surface area contributed by atoms with E-state index in [1.807, 2.05) is 20.8 Å². The molecular formula is C11H16NO3+. The highest BCUT2D eigenvalue weighted by Gasteiger charge is 2.17. The van der Waals surface area contributed by atoms with Gasteiger partial charge in [0.15, 0.2) is 6.61 Å². The van der Waals surface area contributed by atoms with Gasteiger partial charge in [-0.3, -0.25) is 4.84 Å². The number of carbonyl (C=O) groups is 1. The Morgan fingerprint density at radius 1 is 1.33 bits per heavy atom. The molecule has 0 radical (unpaired) electrons. The molecule has 0 atom stereocenters. The van der Waals surface area contributed by atoms with Crippen molar-refractivity contribution in [3.05, 3.63) is 29.1 Å². The van der Waals surface area contributed by atoms with Crippen molar-refractivity contribution in [2.24, 2.45) is 0 Å². The molecule has 0 N–H and O–H groups in total. The summed E-state index contributed by atoms with van der Waals surface area (Å²) >= 11 is 0. The highest BCUT2D eigenvalue weighted by atomic mass is 16.7. The van der Waals surface area contributed by atoms with Crippen LogP contribution < -0.4 is 9.57 Å². The van der Waals surface area contributed by atoms with Gasteiger partial charge in [0.2, 0.25) is 11.4 Å². The number of ether oxygens (including phenoxy) is 1. The summed E-state index contributed by atoms with van der Waals surface area (Å²) in [6, 6.07) is 3.49. The molecule has 1 aromatic rings. The molecule has 0 aliphatic heterocycles. The molecule has 1 heterocycles. The summed E-state index contributed by atoms with van der Waals surface area (Å²) < 4.78 is 6.36. The highest BCUT2D eigenvalue weighted by Crippen LogP contribution is 2.04. The third-order valence-electron chi connectivity index (χ3n) is 2.05. The van der Waals surface area contributed by atoms with Gasteiger partial charge < -0.3 is 4.74 Å². The van der Waals surface area contributed by atoms with Crippen molar-refractivity contribution >= 4 is 5.97 Å². The fraction of sp³-hybridized carbons (Fsp3) is 0.455. The lowest BCUT2D eigenvalue weighted by Crippen LogP contribution is -2.48. The van der Waals surface area contributed by atoms with Gasteiger partial charge in [0.1, 0.15) is 0 Å². The van der Waals surface area contributed by atoms with E-state index in [1.165, 1.54) is 7.11 Å². The Kier molecular flexibility index (Phi) is 3.66. The number of pyridine rings is 1. The molecule has 15 heavy (non-hydrogen) atoms. The summed E-state index contributed by atoms with van der Waals surface area (Å²) in [5, 5.41) is 0. The van der Waals surface area contributed by atoms with Crippen molar-refractivity contribution in [3.63, 3.8) is 0 Å². The first-order valence-electron chi connectivity index (χ1n) is 4.85. The summed E-state index contributed by atoms with van der Waals surface area (Å²) in [5.74, 6) is -0.329. The number of methoxy groups -OCH3 is 1. The van der Waals surface area contributed by atoms with E-state index in [0.717, 1.165) is 11.4 Å². The molecule has 0 aliphatic carbocycles. The van der Waals surface area contributed by atoms with Crippen molar-refractivity contribution in [2.45, 2.75) is 20.8 Å². The van der Waals surface area contributed by atoms with Gasteiger partial charge in [-0.2, -0.15) is 0 Å². The summed E-state index contributed by atoms with van der Waals surface area (Å²) in [6.45, 7) is 6.27. The number of esters is 1. The van der Waals surface area contributed by atoms with Crippen LogP contribution >= 0.6 is 0 Å². The first-order valence-corrected chi connectivity index (χ1v) is 4.85. The molecule has 1 aromatic heterocycles. The zero-order chi connectivity index (χ0) is 11.4. The number of nitrogens with zero attached hydrogens (tertiary/aromatic N) is 1. The first kappa shape index (κ1) is 11.5. The molecule has 0 fully saturated rings. The van der Waals surface area contributed by atoms with Crippen molar-refractivity contribution in [3.8, 4) is 0 Å². The van der Waals surface area contributed by atoms with Crippen LogP contribution in [0.4, 0.5) is 0 Å². The molecule has 82 valence electrons. The Morgan fingerprint density at radius 3 is 2.27 bits per heavy atom. The molecule has 0 aliphatic rings. The molecule has 1 rings (SSSR count). The van der Waals surface area contributed by atoms with Crippen molar-refractivity contribution in [1.82, 2.24) is 0 Å². The van der Waals surface area contributed by atoms with Crippen LogP contribution in [0.3, 0.4) is 0 Å². The molecule has 0 bridgehead atoms. The minimum absolute atomic E-state index is 0.329. The maximum atomic E-state index is 11.3. The SMILES string of the molecule is CCO[n+]1c(C)cc(C(=O)OC)cc1C. The average Bonchev–Trinajstić information content (AvgIpc) is 2.22. The lowest BCUT2D eigenvalue weighted by Gasteiger charge is -2.03. The lowest BCUT2D eigenvalue weighted by molar-refractivity contribution is -0.898. The fourth-order valence-corrected chi connectivity index (χ4v) is 1.46. The number of hydrogen-bond acceptors (Lipinski definition) is 3. The van der Waals surface area contributed by atoms with E-state index in [4.69, 9.17) is 4.84 Å². The molecular weight excluding hydrogens is 194 g/mol. The Balaban J connectivity index is 3.13. The van der Waals surface area contributed by atoms with Gasteiger partial charge >= 0.3 is 5.97 Å². The van der Waals surface area contributed by atoms with Crippen molar-refractivity contribution < 1.29 is 19.1 Å². The third-order valence-corrected chi connectivity index (χ3v) is 2.05. The van der Waals surface area contributed by atoms with Crippen molar-refractivity contribution in [2.75, 3.05) is 13.7 Å². The number of aromatic nitrogens is 1. The van der Waals surface area contributed by atoms with Crippen molar-refractivity contribution in [1.29, 1.82) is 0 Å². The molecule has 4 heteroatoms. The summed E-state index contributed by atoms with van der Waals surface area (Å²) in [7, 11) is 1.37. The maximum absolute atomic E-state index is 11.3. The Labute approximate surface area is 89.4 Å². The quantitative estimate of drug-likeness (QED) is 0.548. The third kappa shape index (κ3) is 2.46. The van der Waals surface area contributed by atoms with E-state index in [1.54, 1.807) is 16.9 Å². The zero-order valence-electron chi connectivity index (χ0n) is 9.53. The van der Waals surface area contributed by atoms with Crippen LogP contribution in [-0.4, -0.2) is 19.7 Å². The highest BCUT2D eigenvalue weighted by molar-refractivity contribution is 5.89. The molecule has 4 nitrogen and oxygen atoms in total. The monoisotopic (exact) mass is 210 g/mol. The fourth-order valence-electron chi connectivity index (χ4n) is 1.46. The molecule has 0 spiro atoms. The topological polar surface area (TPSA) is 39.4 Å². The van der Waals surface area contributed by atoms with Gasteiger partial charge in [-0.25, -0.2) is 4.79 Å². The zero-order valence-corrected chi connectivity index (χ0v) is 9.53. The summed E-state index contributed by atoms with van der Waals surface area (Å²) in [6.07, 6.45) is 0. The normalized spacial score (nSPS) is 9.87. The van der Waals surface area contributed by atoms with Crippen LogP contribution in [-0.2, 0) is 4.74 Å². The number of aryl methyl sites for hydroxylation is 2. The van der Waals surface area contributed by atoms with Gasteiger partial charge in [-0.05, 0) is 6.92 Å². The van der Waals surface area contributed by atoms with Crippen LogP contribution in [0.2, 0.25) is 0 Å². The van der Waals surface area contributed by atoms with E-state index in [0.29, 0.717) is 12.2 Å². The van der Waals surface area contributed by atoms with Crippen LogP contribution in [0.5, 0.6) is 0 Å². The standard InChI is InChI=1S/C11H16NO3/c1-5-15-12-8(2)6-10(7-9(12)3)11(13)14-4/h6-7H,5H2,1-4H3/q+1. The largest absolute Gasteiger partial charge is 0.465 e. The van der Waals surface area contributed by atoms with E-state index < -0.39 is 0 Å². The van der Waals surface area contributed by atoms with Gasteiger partial charge in [-0.15, -0.1) is 0 Å². The van der Waals surface area contributed by atoms with Gasteiger partial charge in [0, 0.05) is 30.7 Å².